The van der Waals surface area contributed by atoms with Crippen LogP contribution in [0.4, 0.5) is 0 Å². The van der Waals surface area contributed by atoms with Crippen molar-refractivity contribution in [2.24, 2.45) is 11.8 Å². The van der Waals surface area contributed by atoms with Gasteiger partial charge in [0.2, 0.25) is 0 Å². The predicted molar refractivity (Wildman–Crippen MR) is 84.5 cm³/mol. The summed E-state index contributed by atoms with van der Waals surface area (Å²) in [6.45, 7) is 12.4. The highest BCUT2D eigenvalue weighted by molar-refractivity contribution is 5.14. The highest BCUT2D eigenvalue weighted by Gasteiger charge is 2.22. The molecule has 3 nitrogen and oxygen atoms in total. The molecule has 2 rings (SSSR count). The Hall–Kier alpha value is -0.930. The first kappa shape index (κ1) is 15.5. The van der Waals surface area contributed by atoms with Gasteiger partial charge in [-0.3, -0.25) is 9.88 Å². The SMILES string of the molecule is CCCNCc1ccc(CN2CCC(C)C(C)C2)nc1. The average Bonchev–Trinajstić information content (AvgIpc) is 2.45. The molecule has 0 saturated carbocycles. The monoisotopic (exact) mass is 275 g/mol. The van der Waals surface area contributed by atoms with Crippen LogP contribution in [0.25, 0.3) is 0 Å². The van der Waals surface area contributed by atoms with Gasteiger partial charge < -0.3 is 5.32 Å². The molecule has 1 aromatic rings. The van der Waals surface area contributed by atoms with Gasteiger partial charge in [-0.25, -0.2) is 0 Å². The number of piperidine rings is 1. The van der Waals surface area contributed by atoms with Crippen LogP contribution in [-0.2, 0) is 13.1 Å². The van der Waals surface area contributed by atoms with E-state index in [0.717, 1.165) is 31.5 Å². The standard InChI is InChI=1S/C17H29N3/c1-4-8-18-10-16-5-6-17(19-11-16)13-20-9-7-14(2)15(3)12-20/h5-6,11,14-15,18H,4,7-10,12-13H2,1-3H3. The summed E-state index contributed by atoms with van der Waals surface area (Å²) in [5, 5.41) is 3.41. The molecule has 0 spiro atoms. The van der Waals surface area contributed by atoms with Crippen molar-refractivity contribution in [2.75, 3.05) is 19.6 Å². The Morgan fingerprint density at radius 2 is 2.15 bits per heavy atom. The molecule has 1 aliphatic rings. The van der Waals surface area contributed by atoms with Crippen LogP contribution in [0.1, 0.15) is 44.9 Å². The lowest BCUT2D eigenvalue weighted by atomic mass is 9.88. The van der Waals surface area contributed by atoms with E-state index in [1.807, 2.05) is 6.20 Å². The largest absolute Gasteiger partial charge is 0.313 e. The molecule has 1 aliphatic heterocycles. The number of hydrogen-bond donors (Lipinski definition) is 1. The summed E-state index contributed by atoms with van der Waals surface area (Å²) >= 11 is 0. The number of likely N-dealkylation sites (tertiary alicyclic amines) is 1. The van der Waals surface area contributed by atoms with Crippen molar-refractivity contribution in [1.29, 1.82) is 0 Å². The van der Waals surface area contributed by atoms with E-state index in [2.05, 4.69) is 48.1 Å². The molecule has 1 fully saturated rings. The number of nitrogens with one attached hydrogen (secondary N) is 1. The number of rotatable bonds is 6. The van der Waals surface area contributed by atoms with E-state index >= 15 is 0 Å². The van der Waals surface area contributed by atoms with Crippen LogP contribution >= 0.6 is 0 Å². The number of nitrogens with zero attached hydrogens (tertiary/aromatic N) is 2. The van der Waals surface area contributed by atoms with Gasteiger partial charge in [0, 0.05) is 25.8 Å². The predicted octanol–water partition coefficient (Wildman–Crippen LogP) is 3.06. The second-order valence-electron chi connectivity index (χ2n) is 6.31. The summed E-state index contributed by atoms with van der Waals surface area (Å²) in [6.07, 6.45) is 4.52. The van der Waals surface area contributed by atoms with Crippen LogP contribution in [0.2, 0.25) is 0 Å². The summed E-state index contributed by atoms with van der Waals surface area (Å²) in [7, 11) is 0. The van der Waals surface area contributed by atoms with Crippen LogP contribution < -0.4 is 5.32 Å². The van der Waals surface area contributed by atoms with E-state index in [0.29, 0.717) is 0 Å². The minimum Gasteiger partial charge on any atom is -0.313 e. The minimum absolute atomic E-state index is 0.807. The van der Waals surface area contributed by atoms with Gasteiger partial charge in [0.05, 0.1) is 5.69 Å². The molecule has 1 aromatic heterocycles. The van der Waals surface area contributed by atoms with E-state index < -0.39 is 0 Å². The van der Waals surface area contributed by atoms with Crippen LogP contribution in [-0.4, -0.2) is 29.5 Å². The first-order valence-electron chi connectivity index (χ1n) is 8.06. The maximum Gasteiger partial charge on any atom is 0.0544 e. The Labute approximate surface area is 123 Å². The molecule has 0 bridgehead atoms. The third-order valence-corrected chi connectivity index (χ3v) is 4.45. The maximum atomic E-state index is 4.61. The van der Waals surface area contributed by atoms with Crippen LogP contribution in [0.3, 0.4) is 0 Å². The second kappa shape index (κ2) is 7.75. The molecular formula is C17H29N3. The van der Waals surface area contributed by atoms with Crippen molar-refractivity contribution in [3.63, 3.8) is 0 Å². The summed E-state index contributed by atoms with van der Waals surface area (Å²) in [4.78, 5) is 7.16. The van der Waals surface area contributed by atoms with Gasteiger partial charge in [-0.15, -0.1) is 0 Å². The van der Waals surface area contributed by atoms with Crippen molar-refractivity contribution in [1.82, 2.24) is 15.2 Å². The average molecular weight is 275 g/mol. The first-order valence-corrected chi connectivity index (χ1v) is 8.06. The highest BCUT2D eigenvalue weighted by Crippen LogP contribution is 2.23. The van der Waals surface area contributed by atoms with Gasteiger partial charge in [-0.1, -0.05) is 26.8 Å². The quantitative estimate of drug-likeness (QED) is 0.809. The van der Waals surface area contributed by atoms with E-state index in [9.17, 15) is 0 Å². The van der Waals surface area contributed by atoms with Crippen molar-refractivity contribution < 1.29 is 0 Å². The zero-order chi connectivity index (χ0) is 14.4. The fourth-order valence-corrected chi connectivity index (χ4v) is 2.78. The van der Waals surface area contributed by atoms with Gasteiger partial charge in [0.15, 0.2) is 0 Å². The van der Waals surface area contributed by atoms with Crippen LogP contribution in [0, 0.1) is 11.8 Å². The molecule has 0 aromatic carbocycles. The lowest BCUT2D eigenvalue weighted by molar-refractivity contribution is 0.131. The smallest absolute Gasteiger partial charge is 0.0544 e. The van der Waals surface area contributed by atoms with E-state index in [4.69, 9.17) is 0 Å². The Morgan fingerprint density at radius 1 is 1.30 bits per heavy atom. The Kier molecular flexibility index (Phi) is 5.99. The summed E-state index contributed by atoms with van der Waals surface area (Å²) < 4.78 is 0. The molecule has 1 saturated heterocycles. The van der Waals surface area contributed by atoms with Gasteiger partial charge in [-0.2, -0.15) is 0 Å². The second-order valence-corrected chi connectivity index (χ2v) is 6.31. The molecule has 1 N–H and O–H groups in total. The Bertz CT molecular complexity index is 388. The summed E-state index contributed by atoms with van der Waals surface area (Å²) in [6, 6.07) is 4.40. The van der Waals surface area contributed by atoms with Crippen molar-refractivity contribution >= 4 is 0 Å². The van der Waals surface area contributed by atoms with Crippen LogP contribution in [0.15, 0.2) is 18.3 Å². The molecule has 112 valence electrons. The molecule has 0 radical (unpaired) electrons. The molecule has 2 unspecified atom stereocenters. The molecule has 2 atom stereocenters. The van der Waals surface area contributed by atoms with Crippen LogP contribution in [0.5, 0.6) is 0 Å². The molecule has 0 aliphatic carbocycles. The number of aromatic nitrogens is 1. The molecule has 3 heteroatoms. The third-order valence-electron chi connectivity index (χ3n) is 4.45. The normalized spacial score (nSPS) is 23.9. The third kappa shape index (κ3) is 4.57. The van der Waals surface area contributed by atoms with Gasteiger partial charge >= 0.3 is 0 Å². The fraction of sp³-hybridized carbons (Fsp3) is 0.706. The summed E-state index contributed by atoms with van der Waals surface area (Å²) in [5.41, 5.74) is 2.48. The lowest BCUT2D eigenvalue weighted by Crippen LogP contribution is -2.38. The number of pyridine rings is 1. The fourth-order valence-electron chi connectivity index (χ4n) is 2.78. The Balaban J connectivity index is 1.81. The van der Waals surface area contributed by atoms with Crippen molar-refractivity contribution in [3.05, 3.63) is 29.6 Å². The molecule has 20 heavy (non-hydrogen) atoms. The minimum atomic E-state index is 0.807. The summed E-state index contributed by atoms with van der Waals surface area (Å²) in [5.74, 6) is 1.67. The van der Waals surface area contributed by atoms with E-state index in [1.54, 1.807) is 0 Å². The molecular weight excluding hydrogens is 246 g/mol. The molecule has 2 heterocycles. The van der Waals surface area contributed by atoms with Crippen molar-refractivity contribution in [2.45, 2.75) is 46.7 Å². The topological polar surface area (TPSA) is 28.2 Å². The number of hydrogen-bond acceptors (Lipinski definition) is 3. The van der Waals surface area contributed by atoms with E-state index in [-0.39, 0.29) is 0 Å². The zero-order valence-electron chi connectivity index (χ0n) is 13.2. The maximum absolute atomic E-state index is 4.61. The lowest BCUT2D eigenvalue weighted by Gasteiger charge is -2.35. The Morgan fingerprint density at radius 3 is 2.80 bits per heavy atom. The van der Waals surface area contributed by atoms with E-state index in [1.165, 1.54) is 37.2 Å². The van der Waals surface area contributed by atoms with Gasteiger partial charge in [0.1, 0.15) is 0 Å². The highest BCUT2D eigenvalue weighted by atomic mass is 15.1. The van der Waals surface area contributed by atoms with Gasteiger partial charge in [0.25, 0.3) is 0 Å². The molecule has 0 amide bonds. The first-order chi connectivity index (χ1) is 9.69. The van der Waals surface area contributed by atoms with Gasteiger partial charge in [-0.05, 0) is 49.4 Å². The zero-order valence-corrected chi connectivity index (χ0v) is 13.2. The van der Waals surface area contributed by atoms with Crippen molar-refractivity contribution in [3.8, 4) is 0 Å².